The Morgan fingerprint density at radius 1 is 0.923 bits per heavy atom. The molecule has 10 heteroatoms. The second-order valence-electron chi connectivity index (χ2n) is 9.71. The first-order valence-electron chi connectivity index (χ1n) is 12.5. The summed E-state index contributed by atoms with van der Waals surface area (Å²) in [5.74, 6) is -0.930. The minimum absolute atomic E-state index is 0.0203. The topological polar surface area (TPSA) is 86.8 Å². The Kier molecular flexibility index (Phi) is 10.0. The molecule has 39 heavy (non-hydrogen) atoms. The van der Waals surface area contributed by atoms with Crippen molar-refractivity contribution < 1.29 is 18.0 Å². The third kappa shape index (κ3) is 7.53. The molecule has 0 bridgehead atoms. The molecule has 2 amide bonds. The number of carbonyl (C=O) groups excluding carboxylic acids is 2. The molecular weight excluding hydrogens is 557 g/mol. The van der Waals surface area contributed by atoms with Crippen LogP contribution in [0.4, 0.5) is 5.69 Å². The number of anilines is 1. The Hall–Kier alpha value is -3.07. The average molecular weight is 591 g/mol. The van der Waals surface area contributed by atoms with Crippen LogP contribution in [0.5, 0.6) is 0 Å². The molecule has 0 heterocycles. The molecule has 1 atom stereocenters. The highest BCUT2D eigenvalue weighted by Gasteiger charge is 2.33. The van der Waals surface area contributed by atoms with Crippen molar-refractivity contribution in [1.29, 1.82) is 0 Å². The number of hydrogen-bond acceptors (Lipinski definition) is 4. The molecule has 0 spiro atoms. The van der Waals surface area contributed by atoms with Gasteiger partial charge in [0.25, 0.3) is 10.0 Å². The fraction of sp³-hybridized carbons (Fsp3) is 0.310. The number of nitrogens with zero attached hydrogens (tertiary/aromatic N) is 2. The van der Waals surface area contributed by atoms with Gasteiger partial charge in [-0.05, 0) is 81.6 Å². The highest BCUT2D eigenvalue weighted by molar-refractivity contribution is 7.92. The Bertz CT molecular complexity index is 1450. The zero-order valence-corrected chi connectivity index (χ0v) is 24.9. The lowest BCUT2D eigenvalue weighted by molar-refractivity contribution is -0.139. The molecule has 0 aromatic heterocycles. The maximum absolute atomic E-state index is 14.0. The van der Waals surface area contributed by atoms with Crippen molar-refractivity contribution in [3.8, 4) is 0 Å². The van der Waals surface area contributed by atoms with E-state index in [9.17, 15) is 18.0 Å². The van der Waals surface area contributed by atoms with Gasteiger partial charge in [-0.3, -0.25) is 13.9 Å². The van der Waals surface area contributed by atoms with Crippen LogP contribution >= 0.6 is 23.2 Å². The number of nitrogens with one attached hydrogen (secondary N) is 1. The van der Waals surface area contributed by atoms with Crippen molar-refractivity contribution in [2.45, 2.75) is 58.1 Å². The fourth-order valence-corrected chi connectivity index (χ4v) is 6.00. The lowest BCUT2D eigenvalue weighted by Gasteiger charge is -2.33. The molecule has 7 nitrogen and oxygen atoms in total. The van der Waals surface area contributed by atoms with Crippen molar-refractivity contribution in [3.05, 3.63) is 93.5 Å². The number of rotatable bonds is 10. The van der Waals surface area contributed by atoms with Crippen molar-refractivity contribution in [3.63, 3.8) is 0 Å². The van der Waals surface area contributed by atoms with Gasteiger partial charge in [-0.1, -0.05) is 59.6 Å². The molecule has 3 aromatic rings. The first-order valence-corrected chi connectivity index (χ1v) is 14.7. The van der Waals surface area contributed by atoms with Gasteiger partial charge < -0.3 is 10.2 Å². The second-order valence-corrected chi connectivity index (χ2v) is 12.4. The van der Waals surface area contributed by atoms with Gasteiger partial charge in [0.15, 0.2) is 0 Å². The van der Waals surface area contributed by atoms with Crippen LogP contribution < -0.4 is 9.62 Å². The minimum Gasteiger partial charge on any atom is -0.352 e. The fourth-order valence-electron chi connectivity index (χ4n) is 4.04. The van der Waals surface area contributed by atoms with E-state index in [0.29, 0.717) is 26.9 Å². The Balaban J connectivity index is 2.08. The highest BCUT2D eigenvalue weighted by Crippen LogP contribution is 2.29. The van der Waals surface area contributed by atoms with E-state index in [1.54, 1.807) is 56.3 Å². The van der Waals surface area contributed by atoms with Gasteiger partial charge in [-0.25, -0.2) is 8.42 Å². The van der Waals surface area contributed by atoms with Crippen molar-refractivity contribution in [2.75, 3.05) is 10.8 Å². The van der Waals surface area contributed by atoms with Crippen molar-refractivity contribution in [1.82, 2.24) is 10.2 Å². The molecular formula is C29H33Cl2N3O4S. The summed E-state index contributed by atoms with van der Waals surface area (Å²) in [6.07, 6.45) is 0. The Morgan fingerprint density at radius 2 is 1.59 bits per heavy atom. The Labute approximate surface area is 240 Å². The van der Waals surface area contributed by atoms with Gasteiger partial charge in [0.2, 0.25) is 11.8 Å². The summed E-state index contributed by atoms with van der Waals surface area (Å²) in [6, 6.07) is 17.2. The van der Waals surface area contributed by atoms with Crippen LogP contribution in [0.3, 0.4) is 0 Å². The number of hydrogen-bond donors (Lipinski definition) is 1. The predicted molar refractivity (Wildman–Crippen MR) is 157 cm³/mol. The number of amides is 2. The summed E-state index contributed by atoms with van der Waals surface area (Å²) >= 11 is 12.5. The van der Waals surface area contributed by atoms with E-state index in [-0.39, 0.29) is 23.4 Å². The van der Waals surface area contributed by atoms with E-state index < -0.39 is 28.5 Å². The lowest BCUT2D eigenvalue weighted by Crippen LogP contribution is -2.52. The Morgan fingerprint density at radius 3 is 2.21 bits per heavy atom. The summed E-state index contributed by atoms with van der Waals surface area (Å²) in [6.45, 7) is 8.35. The quantitative estimate of drug-likeness (QED) is 0.326. The monoisotopic (exact) mass is 589 g/mol. The third-order valence-electron chi connectivity index (χ3n) is 6.20. The first-order chi connectivity index (χ1) is 18.3. The average Bonchev–Trinajstić information content (AvgIpc) is 2.88. The number of carbonyl (C=O) groups is 2. The number of benzene rings is 3. The van der Waals surface area contributed by atoms with Crippen molar-refractivity contribution in [2.24, 2.45) is 0 Å². The van der Waals surface area contributed by atoms with Crippen LogP contribution in [0.15, 0.2) is 71.6 Å². The molecule has 0 saturated heterocycles. The van der Waals surface area contributed by atoms with Crippen LogP contribution in [0.1, 0.15) is 37.5 Å². The predicted octanol–water partition coefficient (Wildman–Crippen LogP) is 5.75. The standard InChI is InChI=1S/C29H33Cl2N3O4S/c1-19(2)32-29(36)22(5)33(17-23-13-14-24(30)16-26(23)31)28(35)18-34(27-15-20(3)11-12-21(27)4)39(37,38)25-9-7-6-8-10-25/h6-16,19,22H,17-18H2,1-5H3,(H,32,36)/t22-/m0/s1. The van der Waals surface area contributed by atoms with Gasteiger partial charge in [-0.2, -0.15) is 0 Å². The molecule has 0 radical (unpaired) electrons. The highest BCUT2D eigenvalue weighted by atomic mass is 35.5. The number of aryl methyl sites for hydroxylation is 2. The van der Waals surface area contributed by atoms with E-state index in [1.165, 1.54) is 17.0 Å². The third-order valence-corrected chi connectivity index (χ3v) is 8.56. The second kappa shape index (κ2) is 12.9. The van der Waals surface area contributed by atoms with E-state index in [1.807, 2.05) is 32.9 Å². The minimum atomic E-state index is -4.13. The van der Waals surface area contributed by atoms with Crippen LogP contribution in [0.2, 0.25) is 10.0 Å². The summed E-state index contributed by atoms with van der Waals surface area (Å²) in [5.41, 5.74) is 2.48. The summed E-state index contributed by atoms with van der Waals surface area (Å²) in [7, 11) is -4.13. The SMILES string of the molecule is Cc1ccc(C)c(N(CC(=O)N(Cc2ccc(Cl)cc2Cl)[C@@H](C)C(=O)NC(C)C)S(=O)(=O)c2ccccc2)c1. The van der Waals surface area contributed by atoms with Gasteiger partial charge in [-0.15, -0.1) is 0 Å². The molecule has 1 N–H and O–H groups in total. The molecule has 0 unspecified atom stereocenters. The van der Waals surface area contributed by atoms with Crippen LogP contribution in [-0.4, -0.2) is 43.8 Å². The van der Waals surface area contributed by atoms with Gasteiger partial charge >= 0.3 is 0 Å². The van der Waals surface area contributed by atoms with Crippen LogP contribution in [0.25, 0.3) is 0 Å². The molecule has 0 aliphatic rings. The summed E-state index contributed by atoms with van der Waals surface area (Å²) < 4.78 is 28.9. The van der Waals surface area contributed by atoms with Gasteiger partial charge in [0, 0.05) is 22.6 Å². The zero-order chi connectivity index (χ0) is 28.9. The number of sulfonamides is 1. The van der Waals surface area contributed by atoms with Crippen LogP contribution in [-0.2, 0) is 26.2 Å². The van der Waals surface area contributed by atoms with E-state index in [4.69, 9.17) is 23.2 Å². The maximum Gasteiger partial charge on any atom is 0.264 e. The summed E-state index contributed by atoms with van der Waals surface area (Å²) in [4.78, 5) is 28.4. The molecule has 0 fully saturated rings. The summed E-state index contributed by atoms with van der Waals surface area (Å²) in [5, 5.41) is 3.59. The lowest BCUT2D eigenvalue weighted by atomic mass is 10.1. The molecule has 0 saturated carbocycles. The molecule has 0 aliphatic heterocycles. The van der Waals surface area contributed by atoms with Gasteiger partial charge in [0.1, 0.15) is 12.6 Å². The normalized spacial score (nSPS) is 12.2. The number of halogens is 2. The molecule has 0 aliphatic carbocycles. The smallest absolute Gasteiger partial charge is 0.264 e. The first kappa shape index (κ1) is 30.5. The van der Waals surface area contributed by atoms with Crippen molar-refractivity contribution >= 4 is 50.7 Å². The molecule has 3 aromatic carbocycles. The van der Waals surface area contributed by atoms with E-state index >= 15 is 0 Å². The van der Waals surface area contributed by atoms with Crippen LogP contribution in [0, 0.1) is 13.8 Å². The molecule has 3 rings (SSSR count). The molecule has 208 valence electrons. The van der Waals surface area contributed by atoms with E-state index in [0.717, 1.165) is 9.87 Å². The largest absolute Gasteiger partial charge is 0.352 e. The van der Waals surface area contributed by atoms with Gasteiger partial charge in [0.05, 0.1) is 10.6 Å². The maximum atomic E-state index is 14.0. The zero-order valence-electron chi connectivity index (χ0n) is 22.6. The van der Waals surface area contributed by atoms with E-state index in [2.05, 4.69) is 5.32 Å².